The molecule has 6 heteroatoms. The Kier molecular flexibility index (Phi) is 3.24. The summed E-state index contributed by atoms with van der Waals surface area (Å²) in [5.74, 6) is -0.860. The quantitative estimate of drug-likeness (QED) is 0.810. The van der Waals surface area contributed by atoms with Crippen molar-refractivity contribution in [3.05, 3.63) is 0 Å². The minimum Gasteiger partial charge on any atom is -0.481 e. The van der Waals surface area contributed by atoms with Gasteiger partial charge >= 0.3 is 12.1 Å². The minimum atomic E-state index is -0.860. The van der Waals surface area contributed by atoms with Gasteiger partial charge in [-0.05, 0) is 33.6 Å². The number of nitrogens with one attached hydrogen (secondary N) is 1. The Hall–Kier alpha value is -1.30. The van der Waals surface area contributed by atoms with E-state index in [0.29, 0.717) is 26.1 Å². The Morgan fingerprint density at radius 1 is 1.32 bits per heavy atom. The molecule has 0 atom stereocenters. The third kappa shape index (κ3) is 2.83. The molecule has 0 radical (unpaired) electrons. The highest BCUT2D eigenvalue weighted by molar-refractivity contribution is 5.78. The average molecular weight is 271 g/mol. The zero-order valence-corrected chi connectivity index (χ0v) is 11.6. The van der Waals surface area contributed by atoms with Gasteiger partial charge in [0.15, 0.2) is 0 Å². The van der Waals surface area contributed by atoms with E-state index in [1.54, 1.807) is 20.8 Å². The molecule has 1 amide bonds. The largest absolute Gasteiger partial charge is 0.481 e. The number of aliphatic carboxylic acids is 1. The van der Waals surface area contributed by atoms with Crippen LogP contribution in [0, 0.1) is 10.8 Å². The van der Waals surface area contributed by atoms with Crippen molar-refractivity contribution < 1.29 is 24.2 Å². The Bertz CT molecular complexity index is 386. The number of carboxylic acid groups (broad SMARTS) is 1. The molecule has 0 unspecified atom stereocenters. The van der Waals surface area contributed by atoms with Crippen molar-refractivity contribution in [2.45, 2.75) is 39.2 Å². The van der Waals surface area contributed by atoms with E-state index >= 15 is 0 Å². The predicted molar refractivity (Wildman–Crippen MR) is 66.8 cm³/mol. The molecular formula is C13H21NO5. The van der Waals surface area contributed by atoms with E-state index in [4.69, 9.17) is 9.47 Å². The fraction of sp³-hybridized carbons (Fsp3) is 0.846. The number of ether oxygens (including phenoxy) is 2. The van der Waals surface area contributed by atoms with E-state index in [2.05, 4.69) is 5.32 Å². The fourth-order valence-corrected chi connectivity index (χ4v) is 2.89. The molecule has 1 aliphatic heterocycles. The third-order valence-electron chi connectivity index (χ3n) is 3.67. The van der Waals surface area contributed by atoms with Crippen molar-refractivity contribution in [1.82, 2.24) is 5.32 Å². The number of carbonyl (C=O) groups excluding carboxylic acids is 1. The molecule has 2 N–H and O–H groups in total. The van der Waals surface area contributed by atoms with Crippen LogP contribution in [0.4, 0.5) is 4.79 Å². The smallest absolute Gasteiger partial charge is 0.407 e. The highest BCUT2D eigenvalue weighted by atomic mass is 16.6. The summed E-state index contributed by atoms with van der Waals surface area (Å²) < 4.78 is 10.2. The number of carbonyl (C=O) groups is 2. The van der Waals surface area contributed by atoms with Gasteiger partial charge in [-0.25, -0.2) is 4.79 Å². The molecule has 0 aromatic heterocycles. The van der Waals surface area contributed by atoms with Crippen LogP contribution in [0.3, 0.4) is 0 Å². The van der Waals surface area contributed by atoms with Crippen LogP contribution in [-0.4, -0.2) is 42.5 Å². The normalized spacial score (nSPS) is 23.1. The van der Waals surface area contributed by atoms with Gasteiger partial charge in [0.05, 0.1) is 18.6 Å². The number of amides is 1. The molecule has 0 bridgehead atoms. The number of rotatable bonds is 3. The van der Waals surface area contributed by atoms with Gasteiger partial charge < -0.3 is 19.9 Å². The lowest BCUT2D eigenvalue weighted by molar-refractivity contribution is -0.219. The second-order valence-electron chi connectivity index (χ2n) is 6.79. The maximum atomic E-state index is 11.6. The SMILES string of the molecule is CC(C)(C)OC(=O)NCC1(C(=O)O)CC2(COC2)C1. The zero-order chi connectivity index (χ0) is 14.3. The molecule has 1 saturated heterocycles. The first-order valence-electron chi connectivity index (χ1n) is 6.45. The Balaban J connectivity index is 1.86. The van der Waals surface area contributed by atoms with Crippen molar-refractivity contribution in [2.24, 2.45) is 10.8 Å². The van der Waals surface area contributed by atoms with Crippen molar-refractivity contribution in [1.29, 1.82) is 0 Å². The standard InChI is InChI=1S/C13H21NO5/c1-11(2,3)19-10(17)14-6-13(9(15)16)4-12(5-13)7-18-8-12/h4-8H2,1-3H3,(H,14,17)(H,15,16). The molecule has 6 nitrogen and oxygen atoms in total. The number of alkyl carbamates (subject to hydrolysis) is 1. The molecule has 1 saturated carbocycles. The Labute approximate surface area is 112 Å². The van der Waals surface area contributed by atoms with Gasteiger partial charge in [-0.1, -0.05) is 0 Å². The third-order valence-corrected chi connectivity index (χ3v) is 3.67. The molecule has 108 valence electrons. The molecular weight excluding hydrogens is 250 g/mol. The topological polar surface area (TPSA) is 84.9 Å². The highest BCUT2D eigenvalue weighted by Crippen LogP contribution is 2.58. The van der Waals surface area contributed by atoms with Crippen LogP contribution >= 0.6 is 0 Å². The van der Waals surface area contributed by atoms with Crippen LogP contribution in [0.1, 0.15) is 33.6 Å². The van der Waals surface area contributed by atoms with Crippen LogP contribution in [-0.2, 0) is 14.3 Å². The van der Waals surface area contributed by atoms with E-state index in [1.807, 2.05) is 0 Å². The molecule has 19 heavy (non-hydrogen) atoms. The van der Waals surface area contributed by atoms with E-state index in [9.17, 15) is 14.7 Å². The summed E-state index contributed by atoms with van der Waals surface area (Å²) in [7, 11) is 0. The van der Waals surface area contributed by atoms with Crippen LogP contribution in [0.5, 0.6) is 0 Å². The Morgan fingerprint density at radius 3 is 2.26 bits per heavy atom. The van der Waals surface area contributed by atoms with E-state index in [1.165, 1.54) is 0 Å². The van der Waals surface area contributed by atoms with Crippen molar-refractivity contribution in [3.8, 4) is 0 Å². The van der Waals surface area contributed by atoms with Gasteiger partial charge in [-0.15, -0.1) is 0 Å². The second kappa shape index (κ2) is 4.37. The molecule has 2 aliphatic rings. The van der Waals surface area contributed by atoms with Crippen molar-refractivity contribution in [2.75, 3.05) is 19.8 Å². The van der Waals surface area contributed by atoms with Crippen LogP contribution in [0.2, 0.25) is 0 Å². The van der Waals surface area contributed by atoms with E-state index < -0.39 is 23.1 Å². The predicted octanol–water partition coefficient (Wildman–Crippen LogP) is 1.39. The summed E-state index contributed by atoms with van der Waals surface area (Å²) in [5, 5.41) is 11.9. The second-order valence-corrected chi connectivity index (χ2v) is 6.79. The van der Waals surface area contributed by atoms with Gasteiger partial charge in [0.25, 0.3) is 0 Å². The summed E-state index contributed by atoms with van der Waals surface area (Å²) in [4.78, 5) is 23.0. The van der Waals surface area contributed by atoms with Crippen molar-refractivity contribution in [3.63, 3.8) is 0 Å². The van der Waals surface area contributed by atoms with E-state index in [-0.39, 0.29) is 12.0 Å². The maximum absolute atomic E-state index is 11.6. The number of hydrogen-bond donors (Lipinski definition) is 2. The molecule has 2 rings (SSSR count). The summed E-state index contributed by atoms with van der Waals surface area (Å²) in [5.41, 5.74) is -1.40. The highest BCUT2D eigenvalue weighted by Gasteiger charge is 2.62. The lowest BCUT2D eigenvalue weighted by Gasteiger charge is -2.58. The molecule has 1 spiro atoms. The van der Waals surface area contributed by atoms with Gasteiger partial charge in [-0.2, -0.15) is 0 Å². The summed E-state index contributed by atoms with van der Waals surface area (Å²) in [6.07, 6.45) is 0.551. The zero-order valence-electron chi connectivity index (χ0n) is 11.6. The van der Waals surface area contributed by atoms with Crippen molar-refractivity contribution >= 4 is 12.1 Å². The summed E-state index contributed by atoms with van der Waals surface area (Å²) in [6, 6.07) is 0. The first kappa shape index (κ1) is 14.1. The summed E-state index contributed by atoms with van der Waals surface area (Å²) >= 11 is 0. The lowest BCUT2D eigenvalue weighted by Crippen LogP contribution is -2.63. The maximum Gasteiger partial charge on any atom is 0.407 e. The average Bonchev–Trinajstić information content (AvgIpc) is 2.09. The van der Waals surface area contributed by atoms with Crippen LogP contribution < -0.4 is 5.32 Å². The first-order chi connectivity index (χ1) is 8.67. The van der Waals surface area contributed by atoms with Gasteiger partial charge in [0.2, 0.25) is 0 Å². The van der Waals surface area contributed by atoms with Crippen LogP contribution in [0.25, 0.3) is 0 Å². The monoisotopic (exact) mass is 271 g/mol. The van der Waals surface area contributed by atoms with Gasteiger partial charge in [-0.3, -0.25) is 4.79 Å². The Morgan fingerprint density at radius 2 is 1.89 bits per heavy atom. The number of carboxylic acids is 1. The molecule has 0 aromatic rings. The van der Waals surface area contributed by atoms with Crippen LogP contribution in [0.15, 0.2) is 0 Å². The molecule has 2 fully saturated rings. The molecule has 1 heterocycles. The summed E-state index contributed by atoms with van der Waals surface area (Å²) in [6.45, 7) is 6.68. The molecule has 0 aromatic carbocycles. The lowest BCUT2D eigenvalue weighted by atomic mass is 9.51. The van der Waals surface area contributed by atoms with E-state index in [0.717, 1.165) is 0 Å². The fourth-order valence-electron chi connectivity index (χ4n) is 2.89. The molecule has 1 aliphatic carbocycles. The van der Waals surface area contributed by atoms with Gasteiger partial charge in [0, 0.05) is 12.0 Å². The minimum absolute atomic E-state index is 0.0357. The van der Waals surface area contributed by atoms with Gasteiger partial charge in [0.1, 0.15) is 5.60 Å². The number of hydrogen-bond acceptors (Lipinski definition) is 4. The first-order valence-corrected chi connectivity index (χ1v) is 6.45.